The summed E-state index contributed by atoms with van der Waals surface area (Å²) in [6.45, 7) is 2.14. The zero-order valence-electron chi connectivity index (χ0n) is 14.1. The van der Waals surface area contributed by atoms with Crippen molar-refractivity contribution in [1.82, 2.24) is 10.6 Å². The van der Waals surface area contributed by atoms with Crippen LogP contribution in [0.25, 0.3) is 0 Å². The molecule has 0 radical (unpaired) electrons. The Morgan fingerprint density at radius 1 is 1.08 bits per heavy atom. The standard InChI is InChI=1S/C20H23N3O2/c24-15-19(17-8-2-1-3-9-17)22-20(25)21-14-16-7-6-10-18(13-16)23-11-4-5-12-23/h1-10,13,19,24H,11-12,14-15H2,(H2,21,22,25)/t19-/m0/s1. The van der Waals surface area contributed by atoms with Crippen molar-refractivity contribution in [3.63, 3.8) is 0 Å². The Labute approximate surface area is 148 Å². The van der Waals surface area contributed by atoms with E-state index >= 15 is 0 Å². The molecule has 5 heteroatoms. The molecule has 3 N–H and O–H groups in total. The fourth-order valence-corrected chi connectivity index (χ4v) is 2.86. The number of anilines is 1. The summed E-state index contributed by atoms with van der Waals surface area (Å²) in [5, 5.41) is 15.2. The first kappa shape index (κ1) is 17.0. The monoisotopic (exact) mass is 337 g/mol. The number of amides is 2. The van der Waals surface area contributed by atoms with Crippen LogP contribution in [0.1, 0.15) is 17.2 Å². The number of aliphatic hydroxyl groups excluding tert-OH is 1. The molecule has 0 unspecified atom stereocenters. The average Bonchev–Trinajstić information content (AvgIpc) is 3.20. The van der Waals surface area contributed by atoms with E-state index in [-0.39, 0.29) is 12.6 Å². The van der Waals surface area contributed by atoms with E-state index in [9.17, 15) is 9.90 Å². The summed E-state index contributed by atoms with van der Waals surface area (Å²) in [6.07, 6.45) is 4.30. The molecule has 0 aliphatic carbocycles. The van der Waals surface area contributed by atoms with Gasteiger partial charge in [-0.15, -0.1) is 0 Å². The van der Waals surface area contributed by atoms with Crippen molar-refractivity contribution >= 4 is 11.7 Å². The maximum atomic E-state index is 12.1. The van der Waals surface area contributed by atoms with E-state index in [0.717, 1.165) is 29.9 Å². The predicted molar refractivity (Wildman–Crippen MR) is 99.4 cm³/mol. The van der Waals surface area contributed by atoms with Crippen LogP contribution in [0.5, 0.6) is 0 Å². The zero-order chi connectivity index (χ0) is 17.5. The number of hydrogen-bond acceptors (Lipinski definition) is 3. The highest BCUT2D eigenvalue weighted by Crippen LogP contribution is 2.18. The van der Waals surface area contributed by atoms with Crippen molar-refractivity contribution in [2.45, 2.75) is 12.6 Å². The lowest BCUT2D eigenvalue weighted by Gasteiger charge is -2.19. The topological polar surface area (TPSA) is 64.6 Å². The van der Waals surface area contributed by atoms with Crippen LogP contribution in [0.2, 0.25) is 0 Å². The smallest absolute Gasteiger partial charge is 0.315 e. The Bertz CT molecular complexity index is 723. The van der Waals surface area contributed by atoms with Crippen LogP contribution in [0, 0.1) is 0 Å². The minimum atomic E-state index is -0.414. The quantitative estimate of drug-likeness (QED) is 0.710. The molecular weight excluding hydrogens is 314 g/mol. The van der Waals surface area contributed by atoms with Crippen molar-refractivity contribution in [2.24, 2.45) is 0 Å². The van der Waals surface area contributed by atoms with E-state index in [1.165, 1.54) is 0 Å². The lowest BCUT2D eigenvalue weighted by atomic mass is 10.1. The average molecular weight is 337 g/mol. The Morgan fingerprint density at radius 3 is 2.56 bits per heavy atom. The molecule has 0 saturated carbocycles. The third kappa shape index (κ3) is 4.61. The van der Waals surface area contributed by atoms with Crippen LogP contribution >= 0.6 is 0 Å². The minimum Gasteiger partial charge on any atom is -0.394 e. The molecule has 0 fully saturated rings. The molecule has 130 valence electrons. The lowest BCUT2D eigenvalue weighted by molar-refractivity contribution is 0.216. The second-order valence-corrected chi connectivity index (χ2v) is 6.02. The number of carbonyl (C=O) groups is 1. The first-order valence-corrected chi connectivity index (χ1v) is 8.45. The van der Waals surface area contributed by atoms with Crippen molar-refractivity contribution in [2.75, 3.05) is 24.6 Å². The summed E-state index contributed by atoms with van der Waals surface area (Å²) in [6, 6.07) is 16.9. The molecular formula is C20H23N3O2. The van der Waals surface area contributed by atoms with Gasteiger partial charge in [0, 0.05) is 25.3 Å². The van der Waals surface area contributed by atoms with E-state index in [2.05, 4.69) is 39.8 Å². The normalized spacial score (nSPS) is 14.4. The first-order valence-electron chi connectivity index (χ1n) is 8.45. The molecule has 2 aromatic carbocycles. The van der Waals surface area contributed by atoms with Gasteiger partial charge in [-0.3, -0.25) is 0 Å². The van der Waals surface area contributed by atoms with E-state index in [0.29, 0.717) is 6.54 Å². The summed E-state index contributed by atoms with van der Waals surface area (Å²) in [5.41, 5.74) is 3.07. The van der Waals surface area contributed by atoms with Crippen molar-refractivity contribution in [3.8, 4) is 0 Å². The molecule has 5 nitrogen and oxygen atoms in total. The third-order valence-corrected chi connectivity index (χ3v) is 4.24. The van der Waals surface area contributed by atoms with Gasteiger partial charge in [0.1, 0.15) is 0 Å². The Morgan fingerprint density at radius 2 is 1.84 bits per heavy atom. The molecule has 0 bridgehead atoms. The van der Waals surface area contributed by atoms with Crippen LogP contribution in [-0.2, 0) is 6.54 Å². The van der Waals surface area contributed by atoms with Crippen LogP contribution in [0.15, 0.2) is 66.7 Å². The number of aliphatic hydroxyl groups is 1. The predicted octanol–water partition coefficient (Wildman–Crippen LogP) is 2.60. The van der Waals surface area contributed by atoms with Crippen molar-refractivity contribution in [3.05, 3.63) is 77.9 Å². The molecule has 0 spiro atoms. The zero-order valence-corrected chi connectivity index (χ0v) is 14.1. The van der Waals surface area contributed by atoms with Crippen LogP contribution in [0.3, 0.4) is 0 Å². The maximum Gasteiger partial charge on any atom is 0.315 e. The Balaban J connectivity index is 1.54. The second kappa shape index (κ2) is 8.35. The van der Waals surface area contributed by atoms with Crippen LogP contribution in [-0.4, -0.2) is 30.8 Å². The van der Waals surface area contributed by atoms with Gasteiger partial charge in [0.15, 0.2) is 0 Å². The summed E-state index contributed by atoms with van der Waals surface area (Å²) in [7, 11) is 0. The van der Waals surface area contributed by atoms with E-state index in [1.54, 1.807) is 0 Å². The van der Waals surface area contributed by atoms with Gasteiger partial charge in [0.2, 0.25) is 0 Å². The lowest BCUT2D eigenvalue weighted by Crippen LogP contribution is -2.38. The second-order valence-electron chi connectivity index (χ2n) is 6.02. The molecule has 3 rings (SSSR count). The molecule has 2 amide bonds. The van der Waals surface area contributed by atoms with E-state index in [1.807, 2.05) is 42.5 Å². The van der Waals surface area contributed by atoms with Crippen molar-refractivity contribution in [1.29, 1.82) is 0 Å². The molecule has 1 atom stereocenters. The number of nitrogens with one attached hydrogen (secondary N) is 2. The molecule has 25 heavy (non-hydrogen) atoms. The maximum absolute atomic E-state index is 12.1. The van der Waals surface area contributed by atoms with Crippen LogP contribution < -0.4 is 15.5 Å². The van der Waals surface area contributed by atoms with Gasteiger partial charge < -0.3 is 20.6 Å². The summed E-state index contributed by atoms with van der Waals surface area (Å²) in [4.78, 5) is 14.4. The van der Waals surface area contributed by atoms with Gasteiger partial charge in [-0.1, -0.05) is 54.6 Å². The number of rotatable bonds is 6. The summed E-state index contributed by atoms with van der Waals surface area (Å²) < 4.78 is 0. The summed E-state index contributed by atoms with van der Waals surface area (Å²) in [5.74, 6) is 0. The van der Waals surface area contributed by atoms with Gasteiger partial charge in [-0.25, -0.2) is 4.79 Å². The van der Waals surface area contributed by atoms with E-state index in [4.69, 9.17) is 0 Å². The highest BCUT2D eigenvalue weighted by atomic mass is 16.3. The number of nitrogens with zero attached hydrogens (tertiary/aromatic N) is 1. The molecule has 0 aromatic heterocycles. The van der Waals surface area contributed by atoms with Gasteiger partial charge >= 0.3 is 6.03 Å². The molecule has 1 heterocycles. The van der Waals surface area contributed by atoms with Crippen molar-refractivity contribution < 1.29 is 9.90 Å². The third-order valence-electron chi connectivity index (χ3n) is 4.24. The fourth-order valence-electron chi connectivity index (χ4n) is 2.86. The fraction of sp³-hybridized carbons (Fsp3) is 0.250. The number of carbonyl (C=O) groups excluding carboxylic acids is 1. The number of benzene rings is 2. The Kier molecular flexibility index (Phi) is 5.69. The Hall–Kier alpha value is -2.79. The minimum absolute atomic E-state index is 0.144. The SMILES string of the molecule is O=C(NCc1cccc(N2CC=CC2)c1)N[C@@H](CO)c1ccccc1. The number of urea groups is 1. The highest BCUT2D eigenvalue weighted by Gasteiger charge is 2.13. The molecule has 1 aliphatic heterocycles. The molecule has 0 saturated heterocycles. The van der Waals surface area contributed by atoms with Crippen LogP contribution in [0.4, 0.5) is 10.5 Å². The van der Waals surface area contributed by atoms with E-state index < -0.39 is 6.04 Å². The number of hydrogen-bond donors (Lipinski definition) is 3. The summed E-state index contributed by atoms with van der Waals surface area (Å²) >= 11 is 0. The van der Waals surface area contributed by atoms with Gasteiger partial charge in [0.25, 0.3) is 0 Å². The first-order chi connectivity index (χ1) is 12.3. The molecule has 1 aliphatic rings. The van der Waals surface area contributed by atoms with Gasteiger partial charge in [-0.05, 0) is 23.3 Å². The van der Waals surface area contributed by atoms with Gasteiger partial charge in [-0.2, -0.15) is 0 Å². The van der Waals surface area contributed by atoms with Gasteiger partial charge in [0.05, 0.1) is 12.6 Å². The largest absolute Gasteiger partial charge is 0.394 e. The molecule has 2 aromatic rings. The highest BCUT2D eigenvalue weighted by molar-refractivity contribution is 5.74.